The molecular formula is C15H15ClOS. The predicted molar refractivity (Wildman–Crippen MR) is 77.4 cm³/mol. The SMILES string of the molecule is Cc1ccc(C)c(Sc2cc(Cl)ccc2CO)c1. The van der Waals surface area contributed by atoms with E-state index < -0.39 is 0 Å². The summed E-state index contributed by atoms with van der Waals surface area (Å²) in [4.78, 5) is 2.21. The molecule has 2 aromatic rings. The number of aryl methyl sites for hydroxylation is 2. The van der Waals surface area contributed by atoms with Crippen molar-refractivity contribution in [1.82, 2.24) is 0 Å². The molecule has 0 bridgehead atoms. The average Bonchev–Trinajstić information content (AvgIpc) is 2.34. The predicted octanol–water partition coefficient (Wildman–Crippen LogP) is 4.60. The van der Waals surface area contributed by atoms with Gasteiger partial charge in [0.1, 0.15) is 0 Å². The summed E-state index contributed by atoms with van der Waals surface area (Å²) in [7, 11) is 0. The van der Waals surface area contributed by atoms with E-state index in [9.17, 15) is 5.11 Å². The van der Waals surface area contributed by atoms with Crippen LogP contribution in [0.5, 0.6) is 0 Å². The highest BCUT2D eigenvalue weighted by atomic mass is 35.5. The second-order valence-corrected chi connectivity index (χ2v) is 5.80. The number of hydrogen-bond acceptors (Lipinski definition) is 2. The first-order valence-electron chi connectivity index (χ1n) is 5.74. The molecule has 18 heavy (non-hydrogen) atoms. The molecule has 0 aliphatic rings. The van der Waals surface area contributed by atoms with Crippen LogP contribution in [0.15, 0.2) is 46.2 Å². The van der Waals surface area contributed by atoms with Gasteiger partial charge in [-0.05, 0) is 48.7 Å². The summed E-state index contributed by atoms with van der Waals surface area (Å²) >= 11 is 7.67. The lowest BCUT2D eigenvalue weighted by Crippen LogP contribution is -1.89. The second-order valence-electron chi connectivity index (χ2n) is 4.28. The van der Waals surface area contributed by atoms with Crippen LogP contribution in [0.2, 0.25) is 5.02 Å². The minimum absolute atomic E-state index is 0.0321. The van der Waals surface area contributed by atoms with Gasteiger partial charge in [-0.1, -0.05) is 41.6 Å². The second kappa shape index (κ2) is 5.79. The first-order valence-corrected chi connectivity index (χ1v) is 6.94. The van der Waals surface area contributed by atoms with Crippen LogP contribution in [-0.2, 0) is 6.61 Å². The third-order valence-corrected chi connectivity index (χ3v) is 4.26. The van der Waals surface area contributed by atoms with Gasteiger partial charge in [-0.25, -0.2) is 0 Å². The molecular weight excluding hydrogens is 264 g/mol. The van der Waals surface area contributed by atoms with Crippen LogP contribution >= 0.6 is 23.4 Å². The molecule has 0 saturated carbocycles. The molecule has 0 aliphatic heterocycles. The van der Waals surface area contributed by atoms with Gasteiger partial charge in [0.15, 0.2) is 0 Å². The van der Waals surface area contributed by atoms with Crippen molar-refractivity contribution in [2.45, 2.75) is 30.2 Å². The van der Waals surface area contributed by atoms with Crippen molar-refractivity contribution in [3.8, 4) is 0 Å². The van der Waals surface area contributed by atoms with Gasteiger partial charge in [-0.3, -0.25) is 0 Å². The zero-order valence-corrected chi connectivity index (χ0v) is 12.0. The summed E-state index contributed by atoms with van der Waals surface area (Å²) in [6.07, 6.45) is 0. The maximum Gasteiger partial charge on any atom is 0.0692 e. The highest BCUT2D eigenvalue weighted by Crippen LogP contribution is 2.34. The first kappa shape index (κ1) is 13.5. The molecule has 0 heterocycles. The largest absolute Gasteiger partial charge is 0.392 e. The topological polar surface area (TPSA) is 20.2 Å². The Morgan fingerprint density at radius 3 is 2.56 bits per heavy atom. The minimum atomic E-state index is 0.0321. The molecule has 2 aromatic carbocycles. The van der Waals surface area contributed by atoms with Crippen molar-refractivity contribution in [3.63, 3.8) is 0 Å². The standard InChI is InChI=1S/C15H15ClOS/c1-10-3-4-11(2)14(7-10)18-15-8-13(16)6-5-12(15)9-17/h3-8,17H,9H2,1-2H3. The Bertz CT molecular complexity index is 566. The zero-order chi connectivity index (χ0) is 13.1. The summed E-state index contributed by atoms with van der Waals surface area (Å²) in [5.74, 6) is 0. The zero-order valence-electron chi connectivity index (χ0n) is 10.4. The van der Waals surface area contributed by atoms with Crippen molar-refractivity contribution >= 4 is 23.4 Å². The summed E-state index contributed by atoms with van der Waals surface area (Å²) in [5.41, 5.74) is 3.37. The van der Waals surface area contributed by atoms with E-state index in [0.29, 0.717) is 5.02 Å². The van der Waals surface area contributed by atoms with Crippen molar-refractivity contribution in [2.24, 2.45) is 0 Å². The smallest absolute Gasteiger partial charge is 0.0692 e. The highest BCUT2D eigenvalue weighted by molar-refractivity contribution is 7.99. The summed E-state index contributed by atoms with van der Waals surface area (Å²) in [6, 6.07) is 11.9. The lowest BCUT2D eigenvalue weighted by atomic mass is 10.2. The van der Waals surface area contributed by atoms with Gasteiger partial charge in [0.2, 0.25) is 0 Å². The van der Waals surface area contributed by atoms with Gasteiger partial charge < -0.3 is 5.11 Å². The van der Waals surface area contributed by atoms with Gasteiger partial charge in [0, 0.05) is 14.8 Å². The fourth-order valence-electron chi connectivity index (χ4n) is 1.69. The van der Waals surface area contributed by atoms with Crippen LogP contribution in [0.25, 0.3) is 0 Å². The molecule has 1 N–H and O–H groups in total. The average molecular weight is 279 g/mol. The van der Waals surface area contributed by atoms with E-state index in [1.54, 1.807) is 17.8 Å². The van der Waals surface area contributed by atoms with Crippen molar-refractivity contribution in [3.05, 3.63) is 58.1 Å². The van der Waals surface area contributed by atoms with Gasteiger partial charge >= 0.3 is 0 Å². The lowest BCUT2D eigenvalue weighted by molar-refractivity contribution is 0.279. The summed E-state index contributed by atoms with van der Waals surface area (Å²) in [6.45, 7) is 4.20. The Hall–Kier alpha value is -0.960. The third kappa shape index (κ3) is 3.08. The number of rotatable bonds is 3. The van der Waals surface area contributed by atoms with E-state index in [1.807, 2.05) is 12.1 Å². The van der Waals surface area contributed by atoms with Crippen LogP contribution in [0.4, 0.5) is 0 Å². The highest BCUT2D eigenvalue weighted by Gasteiger charge is 2.07. The molecule has 0 radical (unpaired) electrons. The number of halogens is 1. The molecule has 0 amide bonds. The van der Waals surface area contributed by atoms with E-state index in [4.69, 9.17) is 11.6 Å². The number of hydrogen-bond donors (Lipinski definition) is 1. The molecule has 0 atom stereocenters. The Labute approximate surface area is 117 Å². The van der Waals surface area contributed by atoms with Gasteiger partial charge in [0.05, 0.1) is 6.61 Å². The van der Waals surface area contributed by atoms with Gasteiger partial charge in [-0.2, -0.15) is 0 Å². The lowest BCUT2D eigenvalue weighted by Gasteiger charge is -2.10. The van der Waals surface area contributed by atoms with Crippen molar-refractivity contribution in [2.75, 3.05) is 0 Å². The van der Waals surface area contributed by atoms with Crippen molar-refractivity contribution in [1.29, 1.82) is 0 Å². The number of benzene rings is 2. The Morgan fingerprint density at radius 2 is 1.83 bits per heavy atom. The molecule has 0 unspecified atom stereocenters. The van der Waals surface area contributed by atoms with Crippen molar-refractivity contribution < 1.29 is 5.11 Å². The molecule has 3 heteroatoms. The van der Waals surface area contributed by atoms with Gasteiger partial charge in [0.25, 0.3) is 0 Å². The maximum atomic E-state index is 9.35. The van der Waals surface area contributed by atoms with Crippen LogP contribution in [0, 0.1) is 13.8 Å². The Balaban J connectivity index is 2.38. The quantitative estimate of drug-likeness (QED) is 0.885. The Kier molecular flexibility index (Phi) is 4.33. The molecule has 0 aliphatic carbocycles. The molecule has 94 valence electrons. The fourth-order valence-corrected chi connectivity index (χ4v) is 3.09. The normalized spacial score (nSPS) is 10.7. The maximum absolute atomic E-state index is 9.35. The molecule has 0 spiro atoms. The fraction of sp³-hybridized carbons (Fsp3) is 0.200. The van der Waals surface area contributed by atoms with Crippen LogP contribution in [-0.4, -0.2) is 5.11 Å². The van der Waals surface area contributed by atoms with E-state index >= 15 is 0 Å². The summed E-state index contributed by atoms with van der Waals surface area (Å²) in [5, 5.41) is 10.0. The minimum Gasteiger partial charge on any atom is -0.392 e. The Morgan fingerprint density at radius 1 is 1.06 bits per heavy atom. The van der Waals surface area contributed by atoms with Crippen LogP contribution in [0.1, 0.15) is 16.7 Å². The molecule has 0 fully saturated rings. The molecule has 1 nitrogen and oxygen atoms in total. The van der Waals surface area contributed by atoms with Crippen LogP contribution < -0.4 is 0 Å². The third-order valence-electron chi connectivity index (χ3n) is 2.76. The summed E-state index contributed by atoms with van der Waals surface area (Å²) < 4.78 is 0. The molecule has 0 saturated heterocycles. The van der Waals surface area contributed by atoms with E-state index in [-0.39, 0.29) is 6.61 Å². The number of aliphatic hydroxyl groups is 1. The van der Waals surface area contributed by atoms with E-state index in [1.165, 1.54) is 16.0 Å². The van der Waals surface area contributed by atoms with E-state index in [0.717, 1.165) is 10.5 Å². The molecule has 0 aromatic heterocycles. The monoisotopic (exact) mass is 278 g/mol. The molecule has 2 rings (SSSR count). The van der Waals surface area contributed by atoms with E-state index in [2.05, 4.69) is 32.0 Å². The van der Waals surface area contributed by atoms with Gasteiger partial charge in [-0.15, -0.1) is 0 Å². The van der Waals surface area contributed by atoms with Crippen LogP contribution in [0.3, 0.4) is 0 Å². The number of aliphatic hydroxyl groups excluding tert-OH is 1. The first-order chi connectivity index (χ1) is 8.60.